The number of aromatic nitrogens is 2. The summed E-state index contributed by atoms with van der Waals surface area (Å²) in [6, 6.07) is 0. The molecule has 0 aromatic carbocycles. The van der Waals surface area contributed by atoms with E-state index in [1.165, 1.54) is 0 Å². The van der Waals surface area contributed by atoms with Crippen LogP contribution in [0.15, 0.2) is 0 Å². The summed E-state index contributed by atoms with van der Waals surface area (Å²) in [5, 5.41) is 20.6. The number of aliphatic hydroxyl groups excluding tert-OH is 1. The van der Waals surface area contributed by atoms with Crippen LogP contribution in [0.3, 0.4) is 0 Å². The summed E-state index contributed by atoms with van der Waals surface area (Å²) in [6.45, 7) is -0.894. The van der Waals surface area contributed by atoms with Crippen molar-refractivity contribution in [2.75, 3.05) is 0 Å². The molecule has 1 aromatic rings. The second kappa shape index (κ2) is 4.52. The molecular weight excluding hydrogens is 212 g/mol. The maximum absolute atomic E-state index is 12.1. The molecule has 4 nitrogen and oxygen atoms in total. The van der Waals surface area contributed by atoms with Gasteiger partial charge >= 0.3 is 35.7 Å². The molecule has 0 aliphatic rings. The van der Waals surface area contributed by atoms with Crippen LogP contribution in [0, 0.1) is 0 Å². The van der Waals surface area contributed by atoms with E-state index in [1.54, 1.807) is 0 Å². The van der Waals surface area contributed by atoms with Gasteiger partial charge in [0.15, 0.2) is 5.69 Å². The van der Waals surface area contributed by atoms with E-state index in [0.29, 0.717) is 4.68 Å². The monoisotopic (exact) mass is 220 g/mol. The zero-order valence-corrected chi connectivity index (χ0v) is 6.63. The molecule has 0 radical (unpaired) electrons. The Morgan fingerprint density at radius 3 is 2.21 bits per heavy atom. The van der Waals surface area contributed by atoms with Gasteiger partial charge in [-0.1, -0.05) is 0 Å². The van der Waals surface area contributed by atoms with Crippen molar-refractivity contribution in [2.24, 2.45) is 7.05 Å². The standard InChI is InChI=1S/C6H7F3N2O2.Na.H/c1-11-5(13)3(2-12)4(10-11)6(7,8)9;;/h12-13H,2H2,1H3;;. The van der Waals surface area contributed by atoms with Crippen molar-refractivity contribution in [3.63, 3.8) is 0 Å². The fourth-order valence-electron chi connectivity index (χ4n) is 0.932. The Balaban J connectivity index is 0.00000169. The van der Waals surface area contributed by atoms with Gasteiger partial charge in [0, 0.05) is 7.05 Å². The zero-order valence-electron chi connectivity index (χ0n) is 6.63. The van der Waals surface area contributed by atoms with Crippen molar-refractivity contribution < 1.29 is 23.4 Å². The van der Waals surface area contributed by atoms with Gasteiger partial charge in [-0.2, -0.15) is 18.3 Å². The molecular formula is C6H8F3N2NaO2. The van der Waals surface area contributed by atoms with Gasteiger partial charge in [-0.05, 0) is 0 Å². The van der Waals surface area contributed by atoms with Crippen LogP contribution in [0.4, 0.5) is 13.2 Å². The van der Waals surface area contributed by atoms with Crippen molar-refractivity contribution in [3.8, 4) is 5.88 Å². The van der Waals surface area contributed by atoms with Crippen LogP contribution < -0.4 is 0 Å². The Bertz CT molecular complexity index is 324. The number of aromatic hydroxyl groups is 1. The number of halogens is 3. The van der Waals surface area contributed by atoms with E-state index in [9.17, 15) is 13.2 Å². The average molecular weight is 220 g/mol. The average Bonchev–Trinajstić information content (AvgIpc) is 2.28. The number of hydrogen-bond acceptors (Lipinski definition) is 3. The van der Waals surface area contributed by atoms with Gasteiger partial charge in [0.25, 0.3) is 0 Å². The summed E-state index contributed by atoms with van der Waals surface area (Å²) in [4.78, 5) is 0. The van der Waals surface area contributed by atoms with Crippen molar-refractivity contribution >= 4 is 29.6 Å². The van der Waals surface area contributed by atoms with Crippen molar-refractivity contribution in [3.05, 3.63) is 11.3 Å². The quantitative estimate of drug-likeness (QED) is 0.654. The summed E-state index contributed by atoms with van der Waals surface area (Å²) < 4.78 is 37.1. The number of nitrogens with zero attached hydrogens (tertiary/aromatic N) is 2. The van der Waals surface area contributed by atoms with Gasteiger partial charge in [-0.25, -0.2) is 4.68 Å². The number of hydrogen-bond donors (Lipinski definition) is 2. The molecule has 1 heterocycles. The minimum atomic E-state index is -4.66. The Labute approximate surface area is 99.6 Å². The third-order valence-corrected chi connectivity index (χ3v) is 1.54. The van der Waals surface area contributed by atoms with Crippen molar-refractivity contribution in [2.45, 2.75) is 12.8 Å². The zero-order chi connectivity index (χ0) is 10.2. The van der Waals surface area contributed by atoms with Crippen LogP contribution in [-0.4, -0.2) is 49.6 Å². The van der Waals surface area contributed by atoms with E-state index in [1.807, 2.05) is 0 Å². The molecule has 1 rings (SSSR count). The van der Waals surface area contributed by atoms with Gasteiger partial charge in [0.05, 0.1) is 12.2 Å². The van der Waals surface area contributed by atoms with Gasteiger partial charge in [0.1, 0.15) is 0 Å². The van der Waals surface area contributed by atoms with E-state index < -0.39 is 29.9 Å². The minimum absolute atomic E-state index is 0. The molecule has 0 aliphatic heterocycles. The number of aryl methyl sites for hydroxylation is 1. The number of aliphatic hydroxyl groups is 1. The van der Waals surface area contributed by atoms with E-state index in [-0.39, 0.29) is 29.6 Å². The first-order valence-corrected chi connectivity index (χ1v) is 3.30. The Morgan fingerprint density at radius 2 is 1.93 bits per heavy atom. The molecule has 0 amide bonds. The molecule has 1 aromatic heterocycles. The molecule has 0 saturated heterocycles. The predicted molar refractivity (Wildman–Crippen MR) is 42.9 cm³/mol. The molecule has 0 unspecified atom stereocenters. The molecule has 0 spiro atoms. The van der Waals surface area contributed by atoms with E-state index >= 15 is 0 Å². The fourth-order valence-corrected chi connectivity index (χ4v) is 0.932. The van der Waals surface area contributed by atoms with Crippen LogP contribution >= 0.6 is 0 Å². The van der Waals surface area contributed by atoms with Crippen molar-refractivity contribution in [1.82, 2.24) is 9.78 Å². The Kier molecular flexibility index (Phi) is 4.44. The molecule has 76 valence electrons. The van der Waals surface area contributed by atoms with E-state index in [0.717, 1.165) is 7.05 Å². The normalized spacial score (nSPS) is 11.2. The second-order valence-corrected chi connectivity index (χ2v) is 2.43. The third-order valence-electron chi connectivity index (χ3n) is 1.54. The molecule has 2 N–H and O–H groups in total. The van der Waals surface area contributed by atoms with Gasteiger partial charge in [0.2, 0.25) is 5.88 Å². The summed E-state index contributed by atoms with van der Waals surface area (Å²) in [7, 11) is 1.16. The number of alkyl halides is 3. The summed E-state index contributed by atoms with van der Waals surface area (Å²) in [5.41, 5.74) is -1.86. The molecule has 0 fully saturated rings. The molecule has 0 saturated carbocycles. The Hall–Kier alpha value is -0.240. The van der Waals surface area contributed by atoms with Crippen LogP contribution in [0.1, 0.15) is 11.3 Å². The topological polar surface area (TPSA) is 58.3 Å². The van der Waals surface area contributed by atoms with E-state index in [2.05, 4.69) is 5.10 Å². The van der Waals surface area contributed by atoms with E-state index in [4.69, 9.17) is 10.2 Å². The first-order valence-electron chi connectivity index (χ1n) is 3.30. The summed E-state index contributed by atoms with van der Waals surface area (Å²) in [5.74, 6) is -0.671. The first-order chi connectivity index (χ1) is 5.88. The SMILES string of the molecule is Cn1nc(C(F)(F)F)c(CO)c1O.[NaH]. The predicted octanol–water partition coefficient (Wildman–Crippen LogP) is -0.0117. The van der Waals surface area contributed by atoms with Crippen LogP contribution in [-0.2, 0) is 19.8 Å². The molecule has 14 heavy (non-hydrogen) atoms. The molecule has 0 atom stereocenters. The summed E-state index contributed by atoms with van der Waals surface area (Å²) >= 11 is 0. The van der Waals surface area contributed by atoms with Gasteiger partial charge in [-0.3, -0.25) is 0 Å². The Morgan fingerprint density at radius 1 is 1.43 bits per heavy atom. The fraction of sp³-hybridized carbons (Fsp3) is 0.500. The van der Waals surface area contributed by atoms with Crippen LogP contribution in [0.5, 0.6) is 5.88 Å². The molecule has 0 aliphatic carbocycles. The van der Waals surface area contributed by atoms with Crippen molar-refractivity contribution in [1.29, 1.82) is 0 Å². The van der Waals surface area contributed by atoms with Gasteiger partial charge < -0.3 is 10.2 Å². The summed E-state index contributed by atoms with van der Waals surface area (Å²) in [6.07, 6.45) is -4.66. The second-order valence-electron chi connectivity index (χ2n) is 2.43. The third kappa shape index (κ3) is 2.41. The number of rotatable bonds is 1. The van der Waals surface area contributed by atoms with Crippen LogP contribution in [0.2, 0.25) is 0 Å². The van der Waals surface area contributed by atoms with Gasteiger partial charge in [-0.15, -0.1) is 0 Å². The first kappa shape index (κ1) is 13.8. The maximum atomic E-state index is 12.1. The molecule has 8 heteroatoms. The molecule has 0 bridgehead atoms. The van der Waals surface area contributed by atoms with Crippen LogP contribution in [0.25, 0.3) is 0 Å².